The molecule has 0 radical (unpaired) electrons. The van der Waals surface area contributed by atoms with E-state index in [0.29, 0.717) is 0 Å². The zero-order valence-electron chi connectivity index (χ0n) is 9.20. The first-order valence-electron chi connectivity index (χ1n) is 4.83. The van der Waals surface area contributed by atoms with E-state index in [4.69, 9.17) is 0 Å². The molecular weight excluding hydrogens is 258 g/mol. The van der Waals surface area contributed by atoms with Gasteiger partial charge in [-0.15, -0.1) is 0 Å². The monoisotopic (exact) mass is 267 g/mol. The molecule has 8 heteroatoms. The van der Waals surface area contributed by atoms with Crippen LogP contribution in [-0.2, 0) is 11.3 Å². The Kier molecular flexibility index (Phi) is 4.23. The third kappa shape index (κ3) is 3.66. The van der Waals surface area contributed by atoms with Gasteiger partial charge >= 0.3 is 11.9 Å². The number of halogens is 4. The zero-order valence-corrected chi connectivity index (χ0v) is 9.20. The van der Waals surface area contributed by atoms with Gasteiger partial charge in [-0.2, -0.15) is 17.6 Å². The molecule has 1 unspecified atom stereocenters. The van der Waals surface area contributed by atoms with Gasteiger partial charge < -0.3 is 4.74 Å². The average Bonchev–Trinajstić information content (AvgIpc) is 2.24. The minimum absolute atomic E-state index is 0.0919. The number of nitro benzene ring substituents is 1. The highest BCUT2D eigenvalue weighted by Gasteiger charge is 2.36. The maximum absolute atomic E-state index is 13.1. The first-order valence-corrected chi connectivity index (χ1v) is 4.83. The van der Waals surface area contributed by atoms with Crippen LogP contribution in [0.2, 0.25) is 0 Å². The molecule has 0 aliphatic heterocycles. The van der Waals surface area contributed by atoms with Crippen molar-refractivity contribution in [3.8, 4) is 0 Å². The van der Waals surface area contributed by atoms with E-state index in [2.05, 4.69) is 4.74 Å². The molecule has 0 aliphatic rings. The van der Waals surface area contributed by atoms with Crippen molar-refractivity contribution in [2.75, 3.05) is 0 Å². The van der Waals surface area contributed by atoms with Crippen LogP contribution in [0, 0.1) is 15.9 Å². The number of nitrogens with zero attached hydrogens (tertiary/aromatic N) is 1. The van der Waals surface area contributed by atoms with E-state index >= 15 is 0 Å². The van der Waals surface area contributed by atoms with Gasteiger partial charge in [0.2, 0.25) is 5.82 Å². The van der Waals surface area contributed by atoms with E-state index in [9.17, 15) is 27.7 Å². The first kappa shape index (κ1) is 14.4. The van der Waals surface area contributed by atoms with Crippen LogP contribution < -0.4 is 0 Å². The summed E-state index contributed by atoms with van der Waals surface area (Å²) in [6.07, 6.45) is -6.49. The van der Waals surface area contributed by atoms with Crippen LogP contribution >= 0.6 is 0 Å². The third-order valence-corrected chi connectivity index (χ3v) is 2.17. The molecule has 1 aromatic carbocycles. The number of rotatable bonds is 4. The summed E-state index contributed by atoms with van der Waals surface area (Å²) in [5, 5.41) is 10.3. The predicted molar refractivity (Wildman–Crippen MR) is 53.4 cm³/mol. The van der Waals surface area contributed by atoms with Crippen molar-refractivity contribution in [1.29, 1.82) is 0 Å². The van der Waals surface area contributed by atoms with Gasteiger partial charge in [-0.1, -0.05) is 0 Å². The fraction of sp³-hybridized carbons (Fsp3) is 0.400. The molecule has 0 saturated heterocycles. The summed E-state index contributed by atoms with van der Waals surface area (Å²) in [7, 11) is 0. The molecule has 0 aliphatic carbocycles. The van der Waals surface area contributed by atoms with E-state index in [-0.39, 0.29) is 5.56 Å². The fourth-order valence-corrected chi connectivity index (χ4v) is 1.10. The van der Waals surface area contributed by atoms with E-state index in [1.165, 1.54) is 0 Å². The smallest absolute Gasteiger partial charge is 0.364 e. The number of ether oxygens (including phenoxy) is 1. The maximum Gasteiger partial charge on any atom is 0.414 e. The summed E-state index contributed by atoms with van der Waals surface area (Å²) >= 11 is 0. The van der Waals surface area contributed by atoms with Gasteiger partial charge in [-0.05, 0) is 24.6 Å². The molecule has 1 rings (SSSR count). The van der Waals surface area contributed by atoms with Gasteiger partial charge in [-0.25, -0.2) is 0 Å². The second kappa shape index (κ2) is 5.30. The van der Waals surface area contributed by atoms with Crippen LogP contribution in [0.4, 0.5) is 23.2 Å². The lowest BCUT2D eigenvalue weighted by molar-refractivity contribution is -0.387. The van der Waals surface area contributed by atoms with E-state index in [1.807, 2.05) is 0 Å². The van der Waals surface area contributed by atoms with Crippen molar-refractivity contribution in [3.63, 3.8) is 0 Å². The Labute approximate surface area is 99.3 Å². The Morgan fingerprint density at radius 1 is 1.44 bits per heavy atom. The second-order valence-corrected chi connectivity index (χ2v) is 3.54. The highest BCUT2D eigenvalue weighted by atomic mass is 19.4. The van der Waals surface area contributed by atoms with Gasteiger partial charge in [0, 0.05) is 6.07 Å². The number of hydrogen-bond donors (Lipinski definition) is 0. The molecule has 1 aromatic rings. The van der Waals surface area contributed by atoms with Crippen LogP contribution in [0.1, 0.15) is 12.5 Å². The maximum atomic E-state index is 13.1. The first-order chi connectivity index (χ1) is 8.21. The molecule has 0 heterocycles. The summed E-state index contributed by atoms with van der Waals surface area (Å²) in [6.45, 7) is 0.345. The molecule has 0 spiro atoms. The number of benzene rings is 1. The van der Waals surface area contributed by atoms with Crippen molar-refractivity contribution in [2.24, 2.45) is 0 Å². The lowest BCUT2D eigenvalue weighted by atomic mass is 10.2. The molecule has 0 fully saturated rings. The molecule has 0 saturated carbocycles. The SMILES string of the molecule is CC(OCc1ccc([N+](=O)[O-])c(F)c1)C(F)(F)F. The Bertz CT molecular complexity index is 447. The molecule has 0 N–H and O–H groups in total. The van der Waals surface area contributed by atoms with E-state index in [1.54, 1.807) is 0 Å². The van der Waals surface area contributed by atoms with Crippen LogP contribution in [0.25, 0.3) is 0 Å². The number of hydrogen-bond acceptors (Lipinski definition) is 3. The Balaban J connectivity index is 2.70. The highest BCUT2D eigenvalue weighted by Crippen LogP contribution is 2.24. The summed E-state index contributed by atoms with van der Waals surface area (Å²) in [4.78, 5) is 9.40. The minimum Gasteiger partial charge on any atom is -0.364 e. The lowest BCUT2D eigenvalue weighted by Gasteiger charge is -2.16. The standard InChI is InChI=1S/C10H9F4NO3/c1-6(10(12,13)14)18-5-7-2-3-9(15(16)17)8(11)4-7/h2-4,6H,5H2,1H3. The molecule has 0 aromatic heterocycles. The molecule has 18 heavy (non-hydrogen) atoms. The number of alkyl halides is 3. The Morgan fingerprint density at radius 3 is 2.50 bits per heavy atom. The molecule has 0 amide bonds. The predicted octanol–water partition coefficient (Wildman–Crippen LogP) is 3.20. The number of nitro groups is 1. The summed E-state index contributed by atoms with van der Waals surface area (Å²) in [5.74, 6) is -1.11. The summed E-state index contributed by atoms with van der Waals surface area (Å²) in [5.41, 5.74) is -0.642. The highest BCUT2D eigenvalue weighted by molar-refractivity contribution is 5.34. The van der Waals surface area contributed by atoms with Crippen LogP contribution in [-0.4, -0.2) is 17.2 Å². The van der Waals surface area contributed by atoms with Crippen molar-refractivity contribution in [3.05, 3.63) is 39.7 Å². The zero-order chi connectivity index (χ0) is 13.9. The summed E-state index contributed by atoms with van der Waals surface area (Å²) in [6, 6.07) is 2.80. The Morgan fingerprint density at radius 2 is 2.06 bits per heavy atom. The average molecular weight is 267 g/mol. The largest absolute Gasteiger partial charge is 0.414 e. The van der Waals surface area contributed by atoms with E-state index < -0.39 is 35.3 Å². The molecule has 1 atom stereocenters. The summed E-state index contributed by atoms with van der Waals surface area (Å²) < 4.78 is 54.0. The molecule has 4 nitrogen and oxygen atoms in total. The van der Waals surface area contributed by atoms with Gasteiger partial charge in [0.25, 0.3) is 0 Å². The topological polar surface area (TPSA) is 52.4 Å². The third-order valence-electron chi connectivity index (χ3n) is 2.17. The van der Waals surface area contributed by atoms with Crippen molar-refractivity contribution >= 4 is 5.69 Å². The van der Waals surface area contributed by atoms with Gasteiger partial charge in [0.15, 0.2) is 6.10 Å². The quantitative estimate of drug-likeness (QED) is 0.478. The fourth-order valence-electron chi connectivity index (χ4n) is 1.10. The van der Waals surface area contributed by atoms with Crippen molar-refractivity contribution < 1.29 is 27.2 Å². The van der Waals surface area contributed by atoms with Gasteiger partial charge in [-0.3, -0.25) is 10.1 Å². The van der Waals surface area contributed by atoms with Gasteiger partial charge in [0.1, 0.15) is 0 Å². The normalized spacial score (nSPS) is 13.4. The second-order valence-electron chi connectivity index (χ2n) is 3.54. The molecular formula is C10H9F4NO3. The Hall–Kier alpha value is -1.70. The minimum atomic E-state index is -4.50. The lowest BCUT2D eigenvalue weighted by Crippen LogP contribution is -2.28. The molecule has 100 valence electrons. The van der Waals surface area contributed by atoms with Crippen molar-refractivity contribution in [2.45, 2.75) is 25.8 Å². The van der Waals surface area contributed by atoms with E-state index in [0.717, 1.165) is 25.1 Å². The van der Waals surface area contributed by atoms with Gasteiger partial charge in [0.05, 0.1) is 11.5 Å². The van der Waals surface area contributed by atoms with Crippen LogP contribution in [0.15, 0.2) is 18.2 Å². The van der Waals surface area contributed by atoms with Crippen LogP contribution in [0.3, 0.4) is 0 Å². The van der Waals surface area contributed by atoms with Crippen molar-refractivity contribution in [1.82, 2.24) is 0 Å². The van der Waals surface area contributed by atoms with Crippen LogP contribution in [0.5, 0.6) is 0 Å². The molecule has 0 bridgehead atoms.